The molecule has 2 aromatic rings. The summed E-state index contributed by atoms with van der Waals surface area (Å²) < 4.78 is 15.8. The van der Waals surface area contributed by atoms with Crippen molar-refractivity contribution in [2.75, 3.05) is 20.8 Å². The molecule has 0 saturated carbocycles. The number of fused-ring (bicyclic) bond motifs is 2. The lowest BCUT2D eigenvalue weighted by atomic mass is 9.77. The maximum Gasteiger partial charge on any atom is 0.327 e. The highest BCUT2D eigenvalue weighted by atomic mass is 16.5. The maximum atomic E-state index is 12.5. The molecule has 26 heavy (non-hydrogen) atoms. The van der Waals surface area contributed by atoms with Crippen molar-refractivity contribution in [3.8, 4) is 11.5 Å². The topological polar surface area (TPSA) is 123 Å². The summed E-state index contributed by atoms with van der Waals surface area (Å²) in [6.45, 7) is 0.0144. The number of nitrogens with one attached hydrogen (secondary N) is 2. The molecule has 1 fully saturated rings. The largest absolute Gasteiger partial charge is 0.497 e. The number of cyclic esters (lactones) is 1. The standard InChI is InChI=1S/C17H15N3O6/c1-24-7-3-4-10(25-2)8(5-7)11-12-9(6-26-16(12)22)18-14-13(11)15(21)20-17(23)19-14/h3-5,11-12H,6H2,1-2H3,(H2,19,20,21,23). The van der Waals surface area contributed by atoms with Crippen molar-refractivity contribution < 1.29 is 19.0 Å². The first-order valence-electron chi connectivity index (χ1n) is 7.86. The number of aromatic nitrogens is 2. The van der Waals surface area contributed by atoms with E-state index in [9.17, 15) is 14.4 Å². The molecule has 2 unspecified atom stereocenters. The molecule has 1 saturated heterocycles. The highest BCUT2D eigenvalue weighted by Gasteiger charge is 2.47. The third-order valence-electron chi connectivity index (χ3n) is 4.61. The predicted molar refractivity (Wildman–Crippen MR) is 90.6 cm³/mol. The molecule has 0 amide bonds. The zero-order chi connectivity index (χ0) is 18.4. The Morgan fingerprint density at radius 3 is 2.65 bits per heavy atom. The first kappa shape index (κ1) is 16.1. The van der Waals surface area contributed by atoms with Crippen LogP contribution >= 0.6 is 0 Å². The summed E-state index contributed by atoms with van der Waals surface area (Å²) in [7, 11) is 3.01. The van der Waals surface area contributed by atoms with Crippen molar-refractivity contribution in [2.24, 2.45) is 10.9 Å². The Hall–Kier alpha value is -3.36. The summed E-state index contributed by atoms with van der Waals surface area (Å²) in [5.41, 5.74) is -0.0662. The smallest absolute Gasteiger partial charge is 0.327 e. The van der Waals surface area contributed by atoms with Crippen LogP contribution in [0, 0.1) is 5.92 Å². The van der Waals surface area contributed by atoms with E-state index in [0.717, 1.165) is 0 Å². The Morgan fingerprint density at radius 2 is 1.92 bits per heavy atom. The highest BCUT2D eigenvalue weighted by molar-refractivity contribution is 6.10. The van der Waals surface area contributed by atoms with E-state index in [4.69, 9.17) is 14.2 Å². The molecule has 2 aliphatic heterocycles. The van der Waals surface area contributed by atoms with Gasteiger partial charge in [-0.25, -0.2) is 9.79 Å². The summed E-state index contributed by atoms with van der Waals surface area (Å²) in [6.07, 6.45) is 0. The zero-order valence-corrected chi connectivity index (χ0v) is 14.0. The van der Waals surface area contributed by atoms with Crippen LogP contribution in [0.5, 0.6) is 11.5 Å². The van der Waals surface area contributed by atoms with Gasteiger partial charge in [-0.2, -0.15) is 0 Å². The number of aromatic amines is 2. The Kier molecular flexibility index (Phi) is 3.64. The molecule has 134 valence electrons. The van der Waals surface area contributed by atoms with Gasteiger partial charge in [0.05, 0.1) is 25.5 Å². The number of aliphatic imine (C=N–C) groups is 1. The lowest BCUT2D eigenvalue weighted by molar-refractivity contribution is -0.141. The zero-order valence-electron chi connectivity index (χ0n) is 14.0. The molecule has 0 spiro atoms. The fraction of sp³-hybridized carbons (Fsp3) is 0.294. The molecule has 0 radical (unpaired) electrons. The van der Waals surface area contributed by atoms with Gasteiger partial charge in [-0.1, -0.05) is 0 Å². The van der Waals surface area contributed by atoms with Crippen molar-refractivity contribution in [1.29, 1.82) is 0 Å². The SMILES string of the molecule is COc1ccc(OC)c(C2c3c([nH]c(=O)[nH]c3=O)N=C3COC(=O)C32)c1. The molecule has 9 heteroatoms. The Morgan fingerprint density at radius 1 is 1.12 bits per heavy atom. The monoisotopic (exact) mass is 357 g/mol. The van der Waals surface area contributed by atoms with Gasteiger partial charge in [0.15, 0.2) is 0 Å². The number of esters is 1. The molecule has 1 aromatic heterocycles. The van der Waals surface area contributed by atoms with E-state index >= 15 is 0 Å². The van der Waals surface area contributed by atoms with Gasteiger partial charge in [-0.3, -0.25) is 19.6 Å². The van der Waals surface area contributed by atoms with E-state index in [2.05, 4.69) is 15.0 Å². The number of rotatable bonds is 3. The summed E-state index contributed by atoms with van der Waals surface area (Å²) in [5.74, 6) is -0.825. The second kappa shape index (κ2) is 5.87. The normalized spacial score (nSPS) is 20.7. The van der Waals surface area contributed by atoms with Crippen LogP contribution in [0.25, 0.3) is 0 Å². The number of carbonyl (C=O) groups excluding carboxylic acids is 1. The summed E-state index contributed by atoms with van der Waals surface area (Å²) >= 11 is 0. The number of ether oxygens (including phenoxy) is 3. The second-order valence-electron chi connectivity index (χ2n) is 5.94. The van der Waals surface area contributed by atoms with Gasteiger partial charge in [-0.05, 0) is 18.2 Å². The molecule has 0 bridgehead atoms. The first-order valence-corrected chi connectivity index (χ1v) is 7.86. The van der Waals surface area contributed by atoms with Gasteiger partial charge in [0.2, 0.25) is 0 Å². The van der Waals surface area contributed by atoms with Gasteiger partial charge in [0.1, 0.15) is 29.8 Å². The Balaban J connectivity index is 2.04. The number of nitrogens with zero attached hydrogens (tertiary/aromatic N) is 1. The predicted octanol–water partition coefficient (Wildman–Crippen LogP) is 0.471. The molecule has 2 atom stereocenters. The van der Waals surface area contributed by atoms with Gasteiger partial charge in [0.25, 0.3) is 5.56 Å². The molecule has 2 N–H and O–H groups in total. The third kappa shape index (κ3) is 2.32. The lowest BCUT2D eigenvalue weighted by Crippen LogP contribution is -2.36. The molecule has 1 aromatic carbocycles. The Labute approximate surface area is 146 Å². The average molecular weight is 357 g/mol. The van der Waals surface area contributed by atoms with Crippen LogP contribution in [0.1, 0.15) is 17.0 Å². The van der Waals surface area contributed by atoms with E-state index in [1.165, 1.54) is 14.2 Å². The van der Waals surface area contributed by atoms with Crippen molar-refractivity contribution >= 4 is 17.5 Å². The van der Waals surface area contributed by atoms with Gasteiger partial charge in [-0.15, -0.1) is 0 Å². The minimum absolute atomic E-state index is 0.0144. The van der Waals surface area contributed by atoms with Gasteiger partial charge in [0, 0.05) is 11.5 Å². The number of hydrogen-bond donors (Lipinski definition) is 2. The molecule has 2 aliphatic rings. The number of carbonyl (C=O) groups is 1. The number of methoxy groups -OCH3 is 2. The molecule has 4 rings (SSSR count). The van der Waals surface area contributed by atoms with E-state index in [1.807, 2.05) is 0 Å². The van der Waals surface area contributed by atoms with Crippen molar-refractivity contribution in [1.82, 2.24) is 9.97 Å². The lowest BCUT2D eigenvalue weighted by Gasteiger charge is -2.27. The van der Waals surface area contributed by atoms with Crippen molar-refractivity contribution in [3.05, 3.63) is 50.2 Å². The number of benzene rings is 1. The second-order valence-corrected chi connectivity index (χ2v) is 5.94. The third-order valence-corrected chi connectivity index (χ3v) is 4.61. The van der Waals surface area contributed by atoms with Crippen LogP contribution in [-0.4, -0.2) is 42.5 Å². The minimum atomic E-state index is -0.768. The average Bonchev–Trinajstić information content (AvgIpc) is 2.99. The molecule has 3 heterocycles. The van der Waals surface area contributed by atoms with Crippen LogP contribution in [-0.2, 0) is 9.53 Å². The van der Waals surface area contributed by atoms with Crippen molar-refractivity contribution in [2.45, 2.75) is 5.92 Å². The van der Waals surface area contributed by atoms with E-state index in [0.29, 0.717) is 22.8 Å². The van der Waals surface area contributed by atoms with E-state index < -0.39 is 29.1 Å². The van der Waals surface area contributed by atoms with Gasteiger partial charge < -0.3 is 14.2 Å². The van der Waals surface area contributed by atoms with Gasteiger partial charge >= 0.3 is 11.7 Å². The summed E-state index contributed by atoms with van der Waals surface area (Å²) in [4.78, 5) is 45.6. The van der Waals surface area contributed by atoms with Crippen molar-refractivity contribution in [3.63, 3.8) is 0 Å². The molecular formula is C17H15N3O6. The van der Waals surface area contributed by atoms with Crippen LogP contribution < -0.4 is 20.7 Å². The fourth-order valence-electron chi connectivity index (χ4n) is 3.48. The first-order chi connectivity index (χ1) is 12.5. The van der Waals surface area contributed by atoms with Crippen LogP contribution in [0.2, 0.25) is 0 Å². The quantitative estimate of drug-likeness (QED) is 0.770. The van der Waals surface area contributed by atoms with Crippen LogP contribution in [0.3, 0.4) is 0 Å². The summed E-state index contributed by atoms with van der Waals surface area (Å²) in [5, 5.41) is 0. The van der Waals surface area contributed by atoms with E-state index in [-0.39, 0.29) is 18.0 Å². The number of hydrogen-bond acceptors (Lipinski definition) is 7. The molecular weight excluding hydrogens is 342 g/mol. The summed E-state index contributed by atoms with van der Waals surface area (Å²) in [6, 6.07) is 5.11. The number of H-pyrrole nitrogens is 2. The minimum Gasteiger partial charge on any atom is -0.497 e. The van der Waals surface area contributed by atoms with Crippen LogP contribution in [0.15, 0.2) is 32.8 Å². The van der Waals surface area contributed by atoms with Crippen LogP contribution in [0.4, 0.5) is 5.82 Å². The fourth-order valence-corrected chi connectivity index (χ4v) is 3.48. The maximum absolute atomic E-state index is 12.5. The molecule has 9 nitrogen and oxygen atoms in total. The highest BCUT2D eigenvalue weighted by Crippen LogP contribution is 2.45. The van der Waals surface area contributed by atoms with E-state index in [1.54, 1.807) is 18.2 Å². The Bertz CT molecular complexity index is 1050. The molecule has 0 aliphatic carbocycles.